The van der Waals surface area contributed by atoms with Crippen molar-refractivity contribution in [3.8, 4) is 0 Å². The highest BCUT2D eigenvalue weighted by Gasteiger charge is 2.27. The molecule has 0 aliphatic carbocycles. The molecule has 3 N–H and O–H groups in total. The van der Waals surface area contributed by atoms with E-state index in [1.807, 2.05) is 0 Å². The van der Waals surface area contributed by atoms with E-state index in [-0.39, 0.29) is 18.2 Å². The zero-order valence-corrected chi connectivity index (χ0v) is 10.8. The van der Waals surface area contributed by atoms with Crippen LogP contribution in [0.2, 0.25) is 5.02 Å². The maximum atomic E-state index is 11.8. The van der Waals surface area contributed by atoms with Gasteiger partial charge in [0.15, 0.2) is 0 Å². The van der Waals surface area contributed by atoms with Gasteiger partial charge in [0.25, 0.3) is 0 Å². The highest BCUT2D eigenvalue weighted by molar-refractivity contribution is 6.30. The van der Waals surface area contributed by atoms with E-state index < -0.39 is 0 Å². The van der Waals surface area contributed by atoms with Crippen LogP contribution in [0.5, 0.6) is 0 Å². The van der Waals surface area contributed by atoms with Gasteiger partial charge < -0.3 is 20.7 Å². The van der Waals surface area contributed by atoms with Crippen molar-refractivity contribution in [1.29, 1.82) is 0 Å². The number of hydrogen-bond donors (Lipinski definition) is 3. The third-order valence-corrected chi connectivity index (χ3v) is 3.13. The minimum Gasteiger partial charge on any atom is -0.378 e. The van der Waals surface area contributed by atoms with Crippen LogP contribution in [0.3, 0.4) is 0 Å². The van der Waals surface area contributed by atoms with Crippen LogP contribution in [0.15, 0.2) is 24.3 Å². The Kier molecular flexibility index (Phi) is 4.41. The Balaban J connectivity index is 1.86. The number of anilines is 1. The predicted octanol–water partition coefficient (Wildman–Crippen LogP) is 1.45. The first-order valence-corrected chi connectivity index (χ1v) is 6.13. The number of nitrogens with one attached hydrogen (secondary N) is 3. The predicted molar refractivity (Wildman–Crippen MR) is 71.1 cm³/mol. The zero-order valence-electron chi connectivity index (χ0n) is 10.1. The summed E-state index contributed by atoms with van der Waals surface area (Å²) in [5.41, 5.74) is 0.705. The summed E-state index contributed by atoms with van der Waals surface area (Å²) in [5.74, 6) is 0. The van der Waals surface area contributed by atoms with Gasteiger partial charge in [-0.2, -0.15) is 0 Å². The van der Waals surface area contributed by atoms with Crippen molar-refractivity contribution in [2.24, 2.45) is 0 Å². The topological polar surface area (TPSA) is 62.4 Å². The molecule has 0 radical (unpaired) electrons. The highest BCUT2D eigenvalue weighted by Crippen LogP contribution is 2.13. The van der Waals surface area contributed by atoms with Gasteiger partial charge in [-0.1, -0.05) is 11.6 Å². The van der Waals surface area contributed by atoms with Crippen molar-refractivity contribution in [1.82, 2.24) is 10.6 Å². The number of ether oxygens (including phenoxy) is 1. The number of rotatable bonds is 3. The summed E-state index contributed by atoms with van der Waals surface area (Å²) in [4.78, 5) is 11.8. The van der Waals surface area contributed by atoms with E-state index in [1.165, 1.54) is 0 Å². The monoisotopic (exact) mass is 269 g/mol. The molecule has 2 atom stereocenters. The minimum absolute atomic E-state index is 0.0118. The van der Waals surface area contributed by atoms with Gasteiger partial charge in [0, 0.05) is 30.9 Å². The molecule has 1 unspecified atom stereocenters. The smallest absolute Gasteiger partial charge is 0.319 e. The largest absolute Gasteiger partial charge is 0.378 e. The van der Waals surface area contributed by atoms with E-state index in [1.54, 1.807) is 31.4 Å². The molecule has 1 saturated heterocycles. The first-order valence-electron chi connectivity index (χ1n) is 5.75. The van der Waals surface area contributed by atoms with Crippen molar-refractivity contribution in [2.45, 2.75) is 12.1 Å². The molecule has 1 heterocycles. The maximum Gasteiger partial charge on any atom is 0.319 e. The number of hydrogen-bond acceptors (Lipinski definition) is 3. The molecule has 6 heteroatoms. The van der Waals surface area contributed by atoms with Crippen LogP contribution in [0.25, 0.3) is 0 Å². The molecule has 0 spiro atoms. The van der Waals surface area contributed by atoms with Crippen LogP contribution in [0.1, 0.15) is 0 Å². The number of urea groups is 1. The van der Waals surface area contributed by atoms with Crippen molar-refractivity contribution < 1.29 is 9.53 Å². The van der Waals surface area contributed by atoms with Crippen LogP contribution in [-0.4, -0.2) is 38.4 Å². The summed E-state index contributed by atoms with van der Waals surface area (Å²) in [6.45, 7) is 1.47. The Bertz CT molecular complexity index is 410. The number of carbonyl (C=O) groups excluding carboxylic acids is 1. The van der Waals surface area contributed by atoms with Crippen molar-refractivity contribution >= 4 is 23.3 Å². The number of amides is 2. The first-order chi connectivity index (χ1) is 8.69. The number of methoxy groups -OCH3 is 1. The van der Waals surface area contributed by atoms with Crippen molar-refractivity contribution in [3.63, 3.8) is 0 Å². The maximum absolute atomic E-state index is 11.8. The number of halogens is 1. The van der Waals surface area contributed by atoms with Gasteiger partial charge in [-0.05, 0) is 24.3 Å². The van der Waals surface area contributed by atoms with Gasteiger partial charge >= 0.3 is 6.03 Å². The molecule has 1 aromatic carbocycles. The van der Waals surface area contributed by atoms with Gasteiger partial charge in [0.1, 0.15) is 0 Å². The van der Waals surface area contributed by atoms with Gasteiger partial charge in [-0.3, -0.25) is 0 Å². The third-order valence-electron chi connectivity index (χ3n) is 2.88. The van der Waals surface area contributed by atoms with E-state index >= 15 is 0 Å². The summed E-state index contributed by atoms with van der Waals surface area (Å²) in [5, 5.41) is 9.43. The van der Waals surface area contributed by atoms with E-state index in [0.29, 0.717) is 17.3 Å². The lowest BCUT2D eigenvalue weighted by atomic mass is 10.2. The Hall–Kier alpha value is -1.30. The van der Waals surface area contributed by atoms with Gasteiger partial charge in [-0.25, -0.2) is 4.79 Å². The second kappa shape index (κ2) is 6.04. The fourth-order valence-corrected chi connectivity index (χ4v) is 2.04. The van der Waals surface area contributed by atoms with Gasteiger partial charge in [0.2, 0.25) is 0 Å². The molecule has 2 rings (SSSR count). The van der Waals surface area contributed by atoms with E-state index in [0.717, 1.165) is 6.54 Å². The normalized spacial score (nSPS) is 22.8. The Morgan fingerprint density at radius 1 is 1.39 bits per heavy atom. The second-order valence-corrected chi connectivity index (χ2v) is 4.58. The minimum atomic E-state index is -0.243. The highest BCUT2D eigenvalue weighted by atomic mass is 35.5. The fraction of sp³-hybridized carbons (Fsp3) is 0.417. The van der Waals surface area contributed by atoms with Crippen LogP contribution >= 0.6 is 11.6 Å². The van der Waals surface area contributed by atoms with Crippen molar-refractivity contribution in [2.75, 3.05) is 25.5 Å². The van der Waals surface area contributed by atoms with E-state index in [4.69, 9.17) is 16.3 Å². The summed E-state index contributed by atoms with van der Waals surface area (Å²) in [6.07, 6.45) is 0.0148. The fourth-order valence-electron chi connectivity index (χ4n) is 1.92. The lowest BCUT2D eigenvalue weighted by Crippen LogP contribution is -2.45. The van der Waals surface area contributed by atoms with Crippen LogP contribution < -0.4 is 16.0 Å². The summed E-state index contributed by atoms with van der Waals surface area (Å²) in [7, 11) is 1.64. The van der Waals surface area contributed by atoms with E-state index in [9.17, 15) is 4.79 Å². The Labute approximate surface area is 111 Å². The second-order valence-electron chi connectivity index (χ2n) is 4.14. The van der Waals surface area contributed by atoms with Crippen LogP contribution in [0, 0.1) is 0 Å². The lowest BCUT2D eigenvalue weighted by Gasteiger charge is -2.18. The average molecular weight is 270 g/mol. The molecule has 0 aromatic heterocycles. The molecular weight excluding hydrogens is 254 g/mol. The first kappa shape index (κ1) is 13.1. The molecule has 2 amide bonds. The summed E-state index contributed by atoms with van der Waals surface area (Å²) >= 11 is 5.77. The summed E-state index contributed by atoms with van der Waals surface area (Å²) < 4.78 is 5.27. The lowest BCUT2D eigenvalue weighted by molar-refractivity contribution is 0.0991. The third kappa shape index (κ3) is 3.35. The Morgan fingerprint density at radius 2 is 2.11 bits per heavy atom. The molecule has 1 aromatic rings. The standard InChI is InChI=1S/C12H16ClN3O2/c1-18-11-7-14-6-10(11)16-12(17)15-9-4-2-8(13)3-5-9/h2-5,10-11,14H,6-7H2,1H3,(H2,15,16,17)/t10?,11-/m1/s1. The quantitative estimate of drug-likeness (QED) is 0.778. The molecule has 1 fully saturated rings. The molecule has 0 bridgehead atoms. The molecule has 98 valence electrons. The van der Waals surface area contributed by atoms with Crippen LogP contribution in [-0.2, 0) is 4.74 Å². The van der Waals surface area contributed by atoms with Gasteiger partial charge in [-0.15, -0.1) is 0 Å². The average Bonchev–Trinajstić information content (AvgIpc) is 2.79. The van der Waals surface area contributed by atoms with E-state index in [2.05, 4.69) is 16.0 Å². The number of benzene rings is 1. The molecule has 1 aliphatic heterocycles. The number of carbonyl (C=O) groups is 1. The summed E-state index contributed by atoms with van der Waals surface area (Å²) in [6, 6.07) is 6.71. The molecule has 5 nitrogen and oxygen atoms in total. The molecule has 0 saturated carbocycles. The van der Waals surface area contributed by atoms with Crippen LogP contribution in [0.4, 0.5) is 10.5 Å². The SMILES string of the molecule is CO[C@@H]1CNCC1NC(=O)Nc1ccc(Cl)cc1. The zero-order chi connectivity index (χ0) is 13.0. The Morgan fingerprint density at radius 3 is 2.78 bits per heavy atom. The van der Waals surface area contributed by atoms with Gasteiger partial charge in [0.05, 0.1) is 12.1 Å². The molecule has 18 heavy (non-hydrogen) atoms. The molecular formula is C12H16ClN3O2. The molecule has 1 aliphatic rings. The van der Waals surface area contributed by atoms with Crippen molar-refractivity contribution in [3.05, 3.63) is 29.3 Å².